The average Bonchev–Trinajstić information content (AvgIpc) is 2.15. The smallest absolute Gasteiger partial charge is 0.216 e. The Bertz CT molecular complexity index is 274. The van der Waals surface area contributed by atoms with Crippen molar-refractivity contribution in [2.45, 2.75) is 26.8 Å². The number of nitrogens with one attached hydrogen (secondary N) is 1. The summed E-state index contributed by atoms with van der Waals surface area (Å²) in [5, 5.41) is 3.28. The van der Waals surface area contributed by atoms with Crippen molar-refractivity contribution in [1.29, 1.82) is 0 Å². The number of aromatic nitrogens is 1. The van der Waals surface area contributed by atoms with Gasteiger partial charge < -0.3 is 10.1 Å². The number of hydrogen-bond donors (Lipinski definition) is 1. The van der Waals surface area contributed by atoms with E-state index in [1.165, 1.54) is 0 Å². The van der Waals surface area contributed by atoms with E-state index in [1.807, 2.05) is 19.1 Å². The van der Waals surface area contributed by atoms with Crippen LogP contribution in [0.15, 0.2) is 18.3 Å². The number of rotatable bonds is 5. The zero-order chi connectivity index (χ0) is 10.4. The number of aryl methyl sites for hydroxylation is 1. The molecule has 1 aromatic heterocycles. The maximum absolute atomic E-state index is 5.51. The first-order valence-corrected chi connectivity index (χ1v) is 4.98. The molecular formula is C11H18N2O. The molecular weight excluding hydrogens is 176 g/mol. The highest BCUT2D eigenvalue weighted by Crippen LogP contribution is 2.11. The lowest BCUT2D eigenvalue weighted by Gasteiger charge is -2.10. The van der Waals surface area contributed by atoms with Crippen molar-refractivity contribution in [1.82, 2.24) is 10.3 Å². The quantitative estimate of drug-likeness (QED) is 0.725. The molecule has 0 aliphatic rings. The van der Waals surface area contributed by atoms with Crippen LogP contribution in [0.25, 0.3) is 0 Å². The van der Waals surface area contributed by atoms with Crippen LogP contribution in [0, 0.1) is 6.92 Å². The number of nitrogens with zero attached hydrogens (tertiary/aromatic N) is 1. The maximum atomic E-state index is 5.51. The normalized spacial score (nSPS) is 10.6. The van der Waals surface area contributed by atoms with E-state index in [0.717, 1.165) is 18.0 Å². The van der Waals surface area contributed by atoms with Gasteiger partial charge in [-0.15, -0.1) is 0 Å². The van der Waals surface area contributed by atoms with Crippen LogP contribution in [-0.4, -0.2) is 24.2 Å². The summed E-state index contributed by atoms with van der Waals surface area (Å²) >= 11 is 0. The van der Waals surface area contributed by atoms with E-state index >= 15 is 0 Å². The Hall–Kier alpha value is -1.09. The molecule has 1 rings (SSSR count). The topological polar surface area (TPSA) is 34.1 Å². The first-order valence-electron chi connectivity index (χ1n) is 4.98. The Labute approximate surface area is 85.5 Å². The minimum absolute atomic E-state index is 0.503. The molecule has 0 atom stereocenters. The molecule has 1 heterocycles. The lowest BCUT2D eigenvalue weighted by Crippen LogP contribution is -2.27. The molecule has 0 radical (unpaired) electrons. The number of ether oxygens (including phenoxy) is 1. The second-order valence-corrected chi connectivity index (χ2v) is 3.58. The number of hydrogen-bond acceptors (Lipinski definition) is 3. The van der Waals surface area contributed by atoms with Crippen LogP contribution in [0.5, 0.6) is 5.88 Å². The first kappa shape index (κ1) is 11.0. The van der Waals surface area contributed by atoms with Gasteiger partial charge >= 0.3 is 0 Å². The van der Waals surface area contributed by atoms with E-state index < -0.39 is 0 Å². The third-order valence-electron chi connectivity index (χ3n) is 1.85. The van der Waals surface area contributed by atoms with Gasteiger partial charge in [0, 0.05) is 24.3 Å². The summed E-state index contributed by atoms with van der Waals surface area (Å²) < 4.78 is 5.51. The zero-order valence-electron chi connectivity index (χ0n) is 9.08. The SMILES string of the molecule is Cc1cccnc1OCCNC(C)C. The molecule has 0 fully saturated rings. The highest BCUT2D eigenvalue weighted by molar-refractivity contribution is 5.23. The molecule has 0 saturated carbocycles. The molecule has 78 valence electrons. The van der Waals surface area contributed by atoms with Crippen LogP contribution in [0.1, 0.15) is 19.4 Å². The molecule has 14 heavy (non-hydrogen) atoms. The highest BCUT2D eigenvalue weighted by Gasteiger charge is 1.98. The van der Waals surface area contributed by atoms with E-state index in [9.17, 15) is 0 Å². The third-order valence-corrected chi connectivity index (χ3v) is 1.85. The van der Waals surface area contributed by atoms with Gasteiger partial charge in [-0.05, 0) is 13.0 Å². The summed E-state index contributed by atoms with van der Waals surface area (Å²) in [7, 11) is 0. The van der Waals surface area contributed by atoms with Crippen molar-refractivity contribution in [3.05, 3.63) is 23.9 Å². The minimum atomic E-state index is 0.503. The Balaban J connectivity index is 2.28. The Morgan fingerprint density at radius 3 is 2.93 bits per heavy atom. The van der Waals surface area contributed by atoms with Crippen LogP contribution in [0.3, 0.4) is 0 Å². The predicted molar refractivity (Wildman–Crippen MR) is 57.6 cm³/mol. The van der Waals surface area contributed by atoms with Crippen molar-refractivity contribution in [3.8, 4) is 5.88 Å². The lowest BCUT2D eigenvalue weighted by atomic mass is 10.3. The monoisotopic (exact) mass is 194 g/mol. The summed E-state index contributed by atoms with van der Waals surface area (Å²) in [4.78, 5) is 4.14. The van der Waals surface area contributed by atoms with Crippen molar-refractivity contribution in [2.75, 3.05) is 13.2 Å². The van der Waals surface area contributed by atoms with Crippen LogP contribution in [0.2, 0.25) is 0 Å². The molecule has 0 unspecified atom stereocenters. The average molecular weight is 194 g/mol. The van der Waals surface area contributed by atoms with Gasteiger partial charge in [-0.25, -0.2) is 4.98 Å². The van der Waals surface area contributed by atoms with Crippen molar-refractivity contribution >= 4 is 0 Å². The van der Waals surface area contributed by atoms with E-state index in [4.69, 9.17) is 4.74 Å². The van der Waals surface area contributed by atoms with E-state index in [0.29, 0.717) is 12.6 Å². The van der Waals surface area contributed by atoms with Crippen molar-refractivity contribution in [3.63, 3.8) is 0 Å². The summed E-state index contributed by atoms with van der Waals surface area (Å²) in [6, 6.07) is 4.41. The summed E-state index contributed by atoms with van der Waals surface area (Å²) in [6.45, 7) is 7.75. The fourth-order valence-corrected chi connectivity index (χ4v) is 1.12. The minimum Gasteiger partial charge on any atom is -0.476 e. The Morgan fingerprint density at radius 1 is 1.50 bits per heavy atom. The second kappa shape index (κ2) is 5.60. The molecule has 0 aliphatic carbocycles. The maximum Gasteiger partial charge on any atom is 0.216 e. The molecule has 0 aliphatic heterocycles. The van der Waals surface area contributed by atoms with Crippen LogP contribution in [0.4, 0.5) is 0 Å². The summed E-state index contributed by atoms with van der Waals surface area (Å²) in [5.41, 5.74) is 1.08. The van der Waals surface area contributed by atoms with E-state index in [2.05, 4.69) is 24.1 Å². The fraction of sp³-hybridized carbons (Fsp3) is 0.545. The fourth-order valence-electron chi connectivity index (χ4n) is 1.12. The van der Waals surface area contributed by atoms with Gasteiger partial charge in [0.2, 0.25) is 5.88 Å². The van der Waals surface area contributed by atoms with Gasteiger partial charge in [0.15, 0.2) is 0 Å². The highest BCUT2D eigenvalue weighted by atomic mass is 16.5. The van der Waals surface area contributed by atoms with Gasteiger partial charge in [0.05, 0.1) is 0 Å². The first-order chi connectivity index (χ1) is 6.70. The Kier molecular flexibility index (Phi) is 4.40. The second-order valence-electron chi connectivity index (χ2n) is 3.58. The molecule has 0 spiro atoms. The molecule has 0 aromatic carbocycles. The summed E-state index contributed by atoms with van der Waals surface area (Å²) in [6.07, 6.45) is 1.75. The summed E-state index contributed by atoms with van der Waals surface area (Å²) in [5.74, 6) is 0.734. The molecule has 0 saturated heterocycles. The molecule has 3 heteroatoms. The van der Waals surface area contributed by atoms with Crippen molar-refractivity contribution < 1.29 is 4.74 Å². The van der Waals surface area contributed by atoms with Crippen molar-refractivity contribution in [2.24, 2.45) is 0 Å². The molecule has 3 nitrogen and oxygen atoms in total. The van der Waals surface area contributed by atoms with Crippen LogP contribution >= 0.6 is 0 Å². The van der Waals surface area contributed by atoms with Gasteiger partial charge in [-0.1, -0.05) is 19.9 Å². The predicted octanol–water partition coefficient (Wildman–Crippen LogP) is 1.77. The standard InChI is InChI=1S/C11H18N2O/c1-9(2)12-7-8-14-11-10(3)5-4-6-13-11/h4-6,9,12H,7-8H2,1-3H3. The largest absolute Gasteiger partial charge is 0.476 e. The van der Waals surface area contributed by atoms with E-state index in [1.54, 1.807) is 6.20 Å². The molecule has 0 bridgehead atoms. The Morgan fingerprint density at radius 2 is 2.29 bits per heavy atom. The third kappa shape index (κ3) is 3.75. The van der Waals surface area contributed by atoms with Gasteiger partial charge in [-0.3, -0.25) is 0 Å². The van der Waals surface area contributed by atoms with Gasteiger partial charge in [0.1, 0.15) is 6.61 Å². The van der Waals surface area contributed by atoms with Gasteiger partial charge in [0.25, 0.3) is 0 Å². The molecule has 0 amide bonds. The molecule has 1 aromatic rings. The molecule has 1 N–H and O–H groups in total. The number of pyridine rings is 1. The van der Waals surface area contributed by atoms with Gasteiger partial charge in [-0.2, -0.15) is 0 Å². The zero-order valence-corrected chi connectivity index (χ0v) is 9.08. The van der Waals surface area contributed by atoms with Crippen LogP contribution in [-0.2, 0) is 0 Å². The lowest BCUT2D eigenvalue weighted by molar-refractivity contribution is 0.296. The van der Waals surface area contributed by atoms with E-state index in [-0.39, 0.29) is 0 Å². The van der Waals surface area contributed by atoms with Crippen LogP contribution < -0.4 is 10.1 Å².